The van der Waals surface area contributed by atoms with Gasteiger partial charge in [-0.25, -0.2) is 9.97 Å². The maximum Gasteiger partial charge on any atom is 0.142 e. The van der Waals surface area contributed by atoms with E-state index in [1.807, 2.05) is 0 Å². The molecule has 0 unspecified atom stereocenters. The Morgan fingerprint density at radius 2 is 2.40 bits per heavy atom. The van der Waals surface area contributed by atoms with Crippen molar-refractivity contribution in [2.24, 2.45) is 0 Å². The Morgan fingerprint density at radius 3 is 3.13 bits per heavy atom. The van der Waals surface area contributed by atoms with Gasteiger partial charge in [0.05, 0.1) is 3.57 Å². The van der Waals surface area contributed by atoms with Crippen LogP contribution in [0.15, 0.2) is 29.4 Å². The van der Waals surface area contributed by atoms with Crippen LogP contribution in [0.4, 0.5) is 5.82 Å². The van der Waals surface area contributed by atoms with Gasteiger partial charge in [0, 0.05) is 12.7 Å². The second-order valence-electron chi connectivity index (χ2n) is 3.03. The summed E-state index contributed by atoms with van der Waals surface area (Å²) in [7, 11) is 0. The second-order valence-corrected chi connectivity index (χ2v) is 4.97. The van der Waals surface area contributed by atoms with Crippen molar-refractivity contribution in [3.63, 3.8) is 0 Å². The maximum absolute atomic E-state index is 4.17. The van der Waals surface area contributed by atoms with E-state index >= 15 is 0 Å². The van der Waals surface area contributed by atoms with Crippen LogP contribution in [0, 0.1) is 3.57 Å². The van der Waals surface area contributed by atoms with Gasteiger partial charge in [0.25, 0.3) is 0 Å². The van der Waals surface area contributed by atoms with Crippen molar-refractivity contribution >= 4 is 39.7 Å². The van der Waals surface area contributed by atoms with Gasteiger partial charge in [0.15, 0.2) is 0 Å². The quantitative estimate of drug-likeness (QED) is 0.876. The lowest BCUT2D eigenvalue weighted by molar-refractivity contribution is 1.00. The molecule has 0 spiro atoms. The maximum atomic E-state index is 4.17. The Hall–Kier alpha value is -0.690. The van der Waals surface area contributed by atoms with E-state index in [9.17, 15) is 0 Å². The van der Waals surface area contributed by atoms with E-state index in [0.717, 1.165) is 22.4 Å². The Bertz CT molecular complexity index is 416. The van der Waals surface area contributed by atoms with E-state index in [1.54, 1.807) is 23.9 Å². The molecule has 0 saturated carbocycles. The highest BCUT2D eigenvalue weighted by atomic mass is 127. The molecule has 0 aliphatic rings. The molecule has 0 aliphatic heterocycles. The molecular weight excluding hydrogens is 321 g/mol. The third-order valence-electron chi connectivity index (χ3n) is 1.95. The van der Waals surface area contributed by atoms with Crippen molar-refractivity contribution < 1.29 is 0 Å². The SMILES string of the molecule is Ic1cncnc1NCCc1ccsc1. The summed E-state index contributed by atoms with van der Waals surface area (Å²) in [5.41, 5.74) is 1.37. The number of hydrogen-bond donors (Lipinski definition) is 1. The van der Waals surface area contributed by atoms with Crippen LogP contribution in [0.25, 0.3) is 0 Å². The van der Waals surface area contributed by atoms with Crippen molar-refractivity contribution in [3.05, 3.63) is 38.5 Å². The number of thiophene rings is 1. The molecule has 2 heterocycles. The van der Waals surface area contributed by atoms with E-state index in [0.29, 0.717) is 0 Å². The fourth-order valence-corrected chi connectivity index (χ4v) is 2.40. The first-order valence-corrected chi connectivity index (χ1v) is 6.59. The van der Waals surface area contributed by atoms with Crippen LogP contribution >= 0.6 is 33.9 Å². The Morgan fingerprint density at radius 1 is 1.47 bits per heavy atom. The minimum absolute atomic E-state index is 0.906. The van der Waals surface area contributed by atoms with Gasteiger partial charge in [-0.15, -0.1) is 0 Å². The van der Waals surface area contributed by atoms with Crippen LogP contribution in [-0.2, 0) is 6.42 Å². The molecule has 0 aliphatic carbocycles. The molecule has 1 N–H and O–H groups in total. The molecule has 2 rings (SSSR count). The van der Waals surface area contributed by atoms with Crippen LogP contribution in [0.1, 0.15) is 5.56 Å². The number of hydrogen-bond acceptors (Lipinski definition) is 4. The fourth-order valence-electron chi connectivity index (χ4n) is 1.20. The number of nitrogens with one attached hydrogen (secondary N) is 1. The lowest BCUT2D eigenvalue weighted by atomic mass is 10.2. The smallest absolute Gasteiger partial charge is 0.142 e. The molecule has 0 saturated heterocycles. The lowest BCUT2D eigenvalue weighted by Gasteiger charge is -2.05. The van der Waals surface area contributed by atoms with Gasteiger partial charge < -0.3 is 5.32 Å². The van der Waals surface area contributed by atoms with E-state index in [-0.39, 0.29) is 0 Å². The summed E-state index contributed by atoms with van der Waals surface area (Å²) in [5.74, 6) is 0.917. The summed E-state index contributed by atoms with van der Waals surface area (Å²) in [4.78, 5) is 8.12. The van der Waals surface area contributed by atoms with Gasteiger partial charge in [-0.2, -0.15) is 11.3 Å². The molecule has 0 atom stereocenters. The first-order chi connectivity index (χ1) is 7.36. The Balaban J connectivity index is 1.86. The van der Waals surface area contributed by atoms with Crippen molar-refractivity contribution in [2.75, 3.05) is 11.9 Å². The third-order valence-corrected chi connectivity index (χ3v) is 3.48. The zero-order chi connectivity index (χ0) is 10.5. The topological polar surface area (TPSA) is 37.8 Å². The number of aromatic nitrogens is 2. The largest absolute Gasteiger partial charge is 0.369 e. The first kappa shape index (κ1) is 10.8. The highest BCUT2D eigenvalue weighted by Crippen LogP contribution is 2.12. The molecule has 2 aromatic rings. The van der Waals surface area contributed by atoms with E-state index in [1.165, 1.54) is 5.56 Å². The van der Waals surface area contributed by atoms with Gasteiger partial charge in [-0.3, -0.25) is 0 Å². The average molecular weight is 331 g/mol. The summed E-state index contributed by atoms with van der Waals surface area (Å²) < 4.78 is 1.06. The van der Waals surface area contributed by atoms with E-state index < -0.39 is 0 Å². The van der Waals surface area contributed by atoms with Crippen molar-refractivity contribution in [3.8, 4) is 0 Å². The summed E-state index contributed by atoms with van der Waals surface area (Å²) in [6.07, 6.45) is 4.40. The molecule has 78 valence electrons. The minimum atomic E-state index is 0.906. The van der Waals surface area contributed by atoms with Crippen molar-refractivity contribution in [1.82, 2.24) is 9.97 Å². The average Bonchev–Trinajstić information content (AvgIpc) is 2.74. The summed E-state index contributed by atoms with van der Waals surface area (Å²) in [6, 6.07) is 2.15. The Kier molecular flexibility index (Phi) is 3.90. The zero-order valence-corrected chi connectivity index (χ0v) is 11.0. The van der Waals surface area contributed by atoms with Crippen LogP contribution in [-0.4, -0.2) is 16.5 Å². The summed E-state index contributed by atoms with van der Waals surface area (Å²) >= 11 is 3.96. The van der Waals surface area contributed by atoms with Gasteiger partial charge >= 0.3 is 0 Å². The molecule has 0 fully saturated rings. The fraction of sp³-hybridized carbons (Fsp3) is 0.200. The van der Waals surface area contributed by atoms with Gasteiger partial charge in [0.1, 0.15) is 12.1 Å². The van der Waals surface area contributed by atoms with Crippen LogP contribution in [0.5, 0.6) is 0 Å². The molecule has 3 nitrogen and oxygen atoms in total. The highest BCUT2D eigenvalue weighted by Gasteiger charge is 1.99. The van der Waals surface area contributed by atoms with E-state index in [4.69, 9.17) is 0 Å². The van der Waals surface area contributed by atoms with E-state index in [2.05, 4.69) is 54.7 Å². The number of anilines is 1. The molecule has 0 aromatic carbocycles. The zero-order valence-electron chi connectivity index (χ0n) is 7.98. The predicted molar refractivity (Wildman–Crippen MR) is 71.3 cm³/mol. The molecule has 2 aromatic heterocycles. The number of rotatable bonds is 4. The summed E-state index contributed by atoms with van der Waals surface area (Å²) in [6.45, 7) is 0.906. The number of halogens is 1. The number of nitrogens with zero attached hydrogens (tertiary/aromatic N) is 2. The third kappa shape index (κ3) is 3.13. The highest BCUT2D eigenvalue weighted by molar-refractivity contribution is 14.1. The summed E-state index contributed by atoms with van der Waals surface area (Å²) in [5, 5.41) is 7.57. The first-order valence-electron chi connectivity index (χ1n) is 4.57. The minimum Gasteiger partial charge on any atom is -0.369 e. The molecule has 5 heteroatoms. The van der Waals surface area contributed by atoms with Crippen LogP contribution in [0.2, 0.25) is 0 Å². The van der Waals surface area contributed by atoms with Crippen LogP contribution < -0.4 is 5.32 Å². The van der Waals surface area contributed by atoms with Crippen molar-refractivity contribution in [2.45, 2.75) is 6.42 Å². The van der Waals surface area contributed by atoms with Crippen LogP contribution in [0.3, 0.4) is 0 Å². The van der Waals surface area contributed by atoms with Gasteiger partial charge in [-0.05, 0) is 51.4 Å². The predicted octanol–water partition coefficient (Wildman–Crippen LogP) is 2.80. The van der Waals surface area contributed by atoms with Gasteiger partial charge in [-0.1, -0.05) is 0 Å². The monoisotopic (exact) mass is 331 g/mol. The molecular formula is C10H10IN3S. The van der Waals surface area contributed by atoms with Crippen molar-refractivity contribution in [1.29, 1.82) is 0 Å². The molecule has 0 radical (unpaired) electrons. The molecule has 0 amide bonds. The lowest BCUT2D eigenvalue weighted by Crippen LogP contribution is -2.07. The molecule has 0 bridgehead atoms. The Labute approximate surface area is 106 Å². The normalized spacial score (nSPS) is 10.2. The van der Waals surface area contributed by atoms with Gasteiger partial charge in [0.2, 0.25) is 0 Å². The second kappa shape index (κ2) is 5.41. The molecule has 15 heavy (non-hydrogen) atoms. The standard InChI is InChI=1S/C10H10IN3S/c11-9-5-12-7-14-10(9)13-3-1-8-2-4-15-6-8/h2,4-7H,1,3H2,(H,12,13,14).